The van der Waals surface area contributed by atoms with Gasteiger partial charge in [0, 0.05) is 78.2 Å². The summed E-state index contributed by atoms with van der Waals surface area (Å²) in [6.45, 7) is 0. The molecule has 0 atom stereocenters. The summed E-state index contributed by atoms with van der Waals surface area (Å²) in [7, 11) is 0. The molecule has 0 spiro atoms. The van der Waals surface area contributed by atoms with Crippen LogP contribution in [0.3, 0.4) is 0 Å². The minimum absolute atomic E-state index is 0.626. The monoisotopic (exact) mass is 781 g/mol. The highest BCUT2D eigenvalue weighted by atomic mass is 32.1. The molecule has 5 nitrogen and oxygen atoms in total. The minimum atomic E-state index is 0.626. The number of aromatic nitrogens is 5. The second kappa shape index (κ2) is 12.9. The molecular weight excluding hydrogens is 755 g/mol. The highest BCUT2D eigenvalue weighted by Crippen LogP contribution is 2.46. The van der Waals surface area contributed by atoms with Gasteiger partial charge in [-0.25, -0.2) is 24.9 Å². The first-order chi connectivity index (χ1) is 28.2. The SMILES string of the molecule is c1ccc(-c2nc(-c3cccc4sc5ccccc5c34)nc(-c3cccc4sc5cccc(-c6nc(-c7ccccc7)c7sc8ccccc8c7n6)c5c34)n2)cc1. The second-order valence-corrected chi connectivity index (χ2v) is 17.2. The molecule has 0 saturated heterocycles. The maximum atomic E-state index is 5.40. The number of nitrogens with zero attached hydrogens (tertiary/aromatic N) is 5. The molecule has 8 heteroatoms. The van der Waals surface area contributed by atoms with Gasteiger partial charge in [0.25, 0.3) is 0 Å². The fourth-order valence-corrected chi connectivity index (χ4v) is 11.5. The van der Waals surface area contributed by atoms with E-state index in [1.165, 1.54) is 24.9 Å². The minimum Gasteiger partial charge on any atom is -0.226 e. The third-order valence-corrected chi connectivity index (χ3v) is 14.0. The fourth-order valence-electron chi connectivity index (χ4n) is 8.04. The summed E-state index contributed by atoms with van der Waals surface area (Å²) < 4.78 is 7.04. The van der Waals surface area contributed by atoms with Gasteiger partial charge in [0.1, 0.15) is 0 Å². The molecule has 266 valence electrons. The third kappa shape index (κ3) is 5.22. The van der Waals surface area contributed by atoms with Crippen LogP contribution in [0.2, 0.25) is 0 Å². The van der Waals surface area contributed by atoms with E-state index in [0.717, 1.165) is 69.3 Å². The van der Waals surface area contributed by atoms with Gasteiger partial charge in [0.15, 0.2) is 23.3 Å². The summed E-state index contributed by atoms with van der Waals surface area (Å²) in [5, 5.41) is 5.69. The summed E-state index contributed by atoms with van der Waals surface area (Å²) in [4.78, 5) is 26.6. The Bertz CT molecular complexity index is 3530. The molecule has 0 saturated carbocycles. The summed E-state index contributed by atoms with van der Waals surface area (Å²) in [5.74, 6) is 2.60. The lowest BCUT2D eigenvalue weighted by atomic mass is 10.0. The lowest BCUT2D eigenvalue weighted by Gasteiger charge is -2.11. The molecule has 0 N–H and O–H groups in total. The van der Waals surface area contributed by atoms with Crippen molar-refractivity contribution in [3.05, 3.63) is 164 Å². The molecule has 0 aliphatic carbocycles. The molecule has 0 amide bonds. The Morgan fingerprint density at radius 2 is 0.754 bits per heavy atom. The van der Waals surface area contributed by atoms with E-state index in [-0.39, 0.29) is 0 Å². The molecule has 0 bridgehead atoms. The number of benzene rings is 7. The number of hydrogen-bond acceptors (Lipinski definition) is 8. The fraction of sp³-hybridized carbons (Fsp3) is 0. The smallest absolute Gasteiger partial charge is 0.164 e. The Morgan fingerprint density at radius 3 is 1.40 bits per heavy atom. The van der Waals surface area contributed by atoms with Crippen LogP contribution in [0, 0.1) is 0 Å². The maximum absolute atomic E-state index is 5.40. The van der Waals surface area contributed by atoms with E-state index in [1.807, 2.05) is 24.3 Å². The standard InChI is InChI=1S/C49H27N5S3/c1-3-14-28(15-4-1)43-45-44(31-19-8-10-24-36(31)57-45)51-47(50-43)33-21-12-26-38-41(33)42-34(22-13-27-39(42)56-38)49-53-46(29-16-5-2-6-17-29)52-48(54-49)32-20-11-25-37-40(32)30-18-7-9-23-35(30)55-37/h1-27H. The van der Waals surface area contributed by atoms with Crippen molar-refractivity contribution in [3.63, 3.8) is 0 Å². The molecule has 0 fully saturated rings. The number of thiophene rings is 3. The van der Waals surface area contributed by atoms with Gasteiger partial charge in [-0.05, 0) is 30.3 Å². The Labute approximate surface area is 338 Å². The molecule has 12 rings (SSSR count). The summed E-state index contributed by atoms with van der Waals surface area (Å²) >= 11 is 5.32. The zero-order valence-electron chi connectivity index (χ0n) is 30.0. The summed E-state index contributed by atoms with van der Waals surface area (Å²) in [6.07, 6.45) is 0. The van der Waals surface area contributed by atoms with Gasteiger partial charge in [-0.2, -0.15) is 0 Å². The van der Waals surface area contributed by atoms with E-state index in [4.69, 9.17) is 24.9 Å². The van der Waals surface area contributed by atoms with Crippen LogP contribution in [0.4, 0.5) is 0 Å². The van der Waals surface area contributed by atoms with Crippen molar-refractivity contribution in [3.8, 4) is 56.8 Å². The zero-order valence-corrected chi connectivity index (χ0v) is 32.5. The lowest BCUT2D eigenvalue weighted by molar-refractivity contribution is 1.08. The summed E-state index contributed by atoms with van der Waals surface area (Å²) in [5.41, 5.74) is 6.84. The van der Waals surface area contributed by atoms with Gasteiger partial charge in [0.05, 0.1) is 15.9 Å². The Kier molecular flexibility index (Phi) is 7.38. The largest absolute Gasteiger partial charge is 0.226 e. The predicted octanol–water partition coefficient (Wildman–Crippen LogP) is 14.1. The first kappa shape index (κ1) is 32.5. The highest BCUT2D eigenvalue weighted by Gasteiger charge is 2.23. The van der Waals surface area contributed by atoms with Crippen molar-refractivity contribution >= 4 is 94.7 Å². The van der Waals surface area contributed by atoms with Gasteiger partial charge in [-0.15, -0.1) is 34.0 Å². The molecular formula is C49H27N5S3. The predicted molar refractivity (Wildman–Crippen MR) is 241 cm³/mol. The molecule has 7 aromatic carbocycles. The number of hydrogen-bond donors (Lipinski definition) is 0. The van der Waals surface area contributed by atoms with Crippen molar-refractivity contribution in [2.45, 2.75) is 0 Å². The molecule has 5 heterocycles. The van der Waals surface area contributed by atoms with Crippen LogP contribution >= 0.6 is 34.0 Å². The number of rotatable bonds is 5. The van der Waals surface area contributed by atoms with Crippen LogP contribution in [0.5, 0.6) is 0 Å². The second-order valence-electron chi connectivity index (χ2n) is 13.9. The van der Waals surface area contributed by atoms with Crippen LogP contribution in [0.15, 0.2) is 164 Å². The van der Waals surface area contributed by atoms with E-state index in [2.05, 4.69) is 140 Å². The quantitative estimate of drug-likeness (QED) is 0.174. The van der Waals surface area contributed by atoms with Gasteiger partial charge in [-0.1, -0.05) is 133 Å². The van der Waals surface area contributed by atoms with Crippen LogP contribution in [-0.4, -0.2) is 24.9 Å². The molecule has 0 unspecified atom stereocenters. The Morgan fingerprint density at radius 1 is 0.298 bits per heavy atom. The number of fused-ring (bicyclic) bond motifs is 9. The highest BCUT2D eigenvalue weighted by molar-refractivity contribution is 7.27. The maximum Gasteiger partial charge on any atom is 0.164 e. The average molecular weight is 782 g/mol. The van der Waals surface area contributed by atoms with Gasteiger partial charge >= 0.3 is 0 Å². The normalized spacial score (nSPS) is 11.9. The molecule has 0 aliphatic heterocycles. The average Bonchev–Trinajstić information content (AvgIpc) is 3.98. The molecule has 57 heavy (non-hydrogen) atoms. The molecule has 0 aliphatic rings. The van der Waals surface area contributed by atoms with E-state index < -0.39 is 0 Å². The van der Waals surface area contributed by atoms with Crippen molar-refractivity contribution in [2.75, 3.05) is 0 Å². The van der Waals surface area contributed by atoms with Gasteiger partial charge < -0.3 is 0 Å². The van der Waals surface area contributed by atoms with Gasteiger partial charge in [-0.3, -0.25) is 0 Å². The lowest BCUT2D eigenvalue weighted by Crippen LogP contribution is -2.00. The van der Waals surface area contributed by atoms with Gasteiger partial charge in [0.2, 0.25) is 0 Å². The van der Waals surface area contributed by atoms with E-state index in [9.17, 15) is 0 Å². The first-order valence-electron chi connectivity index (χ1n) is 18.7. The van der Waals surface area contributed by atoms with Crippen LogP contribution in [-0.2, 0) is 0 Å². The van der Waals surface area contributed by atoms with E-state index in [1.54, 1.807) is 34.0 Å². The third-order valence-electron chi connectivity index (χ3n) is 10.6. The van der Waals surface area contributed by atoms with Crippen molar-refractivity contribution in [1.29, 1.82) is 0 Å². The first-order valence-corrected chi connectivity index (χ1v) is 21.1. The van der Waals surface area contributed by atoms with Crippen LogP contribution in [0.1, 0.15) is 0 Å². The van der Waals surface area contributed by atoms with Crippen molar-refractivity contribution in [2.24, 2.45) is 0 Å². The van der Waals surface area contributed by atoms with Crippen molar-refractivity contribution in [1.82, 2.24) is 24.9 Å². The Balaban J connectivity index is 1.14. The molecule has 12 aromatic rings. The topological polar surface area (TPSA) is 64.5 Å². The van der Waals surface area contributed by atoms with Crippen molar-refractivity contribution < 1.29 is 0 Å². The summed E-state index contributed by atoms with van der Waals surface area (Å²) in [6, 6.07) is 57.1. The molecule has 0 radical (unpaired) electrons. The van der Waals surface area contributed by atoms with Crippen LogP contribution in [0.25, 0.3) is 117 Å². The Hall–Kier alpha value is -6.71. The zero-order chi connectivity index (χ0) is 37.5. The molecule has 5 aromatic heterocycles. The van der Waals surface area contributed by atoms with E-state index in [0.29, 0.717) is 23.3 Å². The van der Waals surface area contributed by atoms with E-state index >= 15 is 0 Å². The van der Waals surface area contributed by atoms with Crippen LogP contribution < -0.4 is 0 Å².